The third kappa shape index (κ3) is 5.24. The van der Waals surface area contributed by atoms with Gasteiger partial charge in [-0.15, -0.1) is 0 Å². The molecule has 0 heterocycles. The van der Waals surface area contributed by atoms with Crippen molar-refractivity contribution < 1.29 is 4.74 Å². The second-order valence-electron chi connectivity index (χ2n) is 3.48. The SMILES string of the molecule is CCC(CC)C(CCCOC)NN. The number of hydrogen-bond donors (Lipinski definition) is 2. The van der Waals surface area contributed by atoms with Gasteiger partial charge >= 0.3 is 0 Å². The molecule has 0 saturated carbocycles. The first-order valence-corrected chi connectivity index (χ1v) is 5.25. The van der Waals surface area contributed by atoms with Gasteiger partial charge in [-0.1, -0.05) is 26.7 Å². The fraction of sp³-hybridized carbons (Fsp3) is 1.00. The Balaban J connectivity index is 3.71. The molecule has 0 rings (SSSR count). The Morgan fingerprint density at radius 3 is 2.31 bits per heavy atom. The molecular weight excluding hydrogens is 164 g/mol. The fourth-order valence-electron chi connectivity index (χ4n) is 1.76. The Labute approximate surface area is 82.0 Å². The zero-order valence-electron chi connectivity index (χ0n) is 9.18. The minimum atomic E-state index is 0.449. The molecule has 3 N–H and O–H groups in total. The quantitative estimate of drug-likeness (QED) is 0.346. The second kappa shape index (κ2) is 8.48. The van der Waals surface area contributed by atoms with Crippen molar-refractivity contribution in [1.82, 2.24) is 5.43 Å². The van der Waals surface area contributed by atoms with Crippen LogP contribution in [0.5, 0.6) is 0 Å². The first kappa shape index (κ1) is 12.9. The minimum Gasteiger partial charge on any atom is -0.385 e. The van der Waals surface area contributed by atoms with Crippen molar-refractivity contribution >= 4 is 0 Å². The van der Waals surface area contributed by atoms with Crippen molar-refractivity contribution in [2.75, 3.05) is 13.7 Å². The molecule has 0 bridgehead atoms. The van der Waals surface area contributed by atoms with Gasteiger partial charge in [-0.3, -0.25) is 11.3 Å². The summed E-state index contributed by atoms with van der Waals surface area (Å²) in [5, 5.41) is 0. The Morgan fingerprint density at radius 1 is 1.31 bits per heavy atom. The summed E-state index contributed by atoms with van der Waals surface area (Å²) < 4.78 is 5.02. The van der Waals surface area contributed by atoms with Gasteiger partial charge in [0.2, 0.25) is 0 Å². The number of hydrazine groups is 1. The molecule has 0 aliphatic heterocycles. The van der Waals surface area contributed by atoms with E-state index in [1.807, 2.05) is 0 Å². The highest BCUT2D eigenvalue weighted by Crippen LogP contribution is 2.16. The molecule has 0 spiro atoms. The zero-order valence-corrected chi connectivity index (χ0v) is 9.18. The van der Waals surface area contributed by atoms with E-state index in [0.717, 1.165) is 19.4 Å². The summed E-state index contributed by atoms with van der Waals surface area (Å²) >= 11 is 0. The van der Waals surface area contributed by atoms with Gasteiger partial charge < -0.3 is 4.74 Å². The molecule has 0 aromatic rings. The Hall–Kier alpha value is -0.120. The van der Waals surface area contributed by atoms with Crippen LogP contribution in [-0.2, 0) is 4.74 Å². The molecule has 1 unspecified atom stereocenters. The first-order chi connectivity index (χ1) is 6.29. The third-order valence-electron chi connectivity index (χ3n) is 2.70. The van der Waals surface area contributed by atoms with Crippen molar-refractivity contribution in [3.05, 3.63) is 0 Å². The van der Waals surface area contributed by atoms with Crippen molar-refractivity contribution in [3.8, 4) is 0 Å². The van der Waals surface area contributed by atoms with Crippen LogP contribution in [0, 0.1) is 5.92 Å². The van der Waals surface area contributed by atoms with Crippen molar-refractivity contribution in [3.63, 3.8) is 0 Å². The number of methoxy groups -OCH3 is 1. The van der Waals surface area contributed by atoms with Crippen molar-refractivity contribution in [1.29, 1.82) is 0 Å². The van der Waals surface area contributed by atoms with E-state index in [4.69, 9.17) is 10.6 Å². The second-order valence-corrected chi connectivity index (χ2v) is 3.48. The predicted molar refractivity (Wildman–Crippen MR) is 56.3 cm³/mol. The van der Waals surface area contributed by atoms with E-state index in [0.29, 0.717) is 12.0 Å². The highest BCUT2D eigenvalue weighted by atomic mass is 16.5. The summed E-state index contributed by atoms with van der Waals surface area (Å²) in [5.74, 6) is 6.21. The Kier molecular flexibility index (Phi) is 8.40. The van der Waals surface area contributed by atoms with Gasteiger partial charge in [-0.2, -0.15) is 0 Å². The maximum atomic E-state index is 5.52. The van der Waals surface area contributed by atoms with Gasteiger partial charge in [0.15, 0.2) is 0 Å². The first-order valence-electron chi connectivity index (χ1n) is 5.25. The summed E-state index contributed by atoms with van der Waals surface area (Å²) in [6.45, 7) is 5.27. The molecular formula is C10H24N2O. The van der Waals surface area contributed by atoms with Gasteiger partial charge in [0.25, 0.3) is 0 Å². The molecule has 0 saturated heterocycles. The van der Waals surface area contributed by atoms with Crippen molar-refractivity contribution in [2.45, 2.75) is 45.6 Å². The van der Waals surface area contributed by atoms with Gasteiger partial charge in [0, 0.05) is 19.8 Å². The smallest absolute Gasteiger partial charge is 0.0462 e. The lowest BCUT2D eigenvalue weighted by Crippen LogP contribution is -2.40. The van der Waals surface area contributed by atoms with Crippen LogP contribution >= 0.6 is 0 Å². The minimum absolute atomic E-state index is 0.449. The number of nitrogens with two attached hydrogens (primary N) is 1. The average molecular weight is 188 g/mol. The van der Waals surface area contributed by atoms with Crippen LogP contribution in [0.25, 0.3) is 0 Å². The van der Waals surface area contributed by atoms with Crippen LogP contribution in [0.3, 0.4) is 0 Å². The van der Waals surface area contributed by atoms with Crippen LogP contribution in [0.1, 0.15) is 39.5 Å². The fourth-order valence-corrected chi connectivity index (χ4v) is 1.76. The zero-order chi connectivity index (χ0) is 10.1. The molecule has 80 valence electrons. The molecule has 1 atom stereocenters. The standard InChI is InChI=1S/C10H24N2O/c1-4-9(5-2)10(12-11)7-6-8-13-3/h9-10,12H,4-8,11H2,1-3H3. The maximum absolute atomic E-state index is 5.52. The van der Waals surface area contributed by atoms with Crippen LogP contribution in [0.2, 0.25) is 0 Å². The Bertz CT molecular complexity index is 105. The number of ether oxygens (including phenoxy) is 1. The van der Waals surface area contributed by atoms with E-state index in [1.54, 1.807) is 7.11 Å². The molecule has 0 aromatic carbocycles. The van der Waals surface area contributed by atoms with E-state index in [9.17, 15) is 0 Å². The van der Waals surface area contributed by atoms with Crippen LogP contribution in [0.15, 0.2) is 0 Å². The van der Waals surface area contributed by atoms with Gasteiger partial charge in [0.05, 0.1) is 0 Å². The van der Waals surface area contributed by atoms with Crippen LogP contribution in [0.4, 0.5) is 0 Å². The normalized spacial score (nSPS) is 13.6. The molecule has 0 amide bonds. The highest BCUT2D eigenvalue weighted by molar-refractivity contribution is 4.72. The van der Waals surface area contributed by atoms with Crippen LogP contribution < -0.4 is 11.3 Å². The lowest BCUT2D eigenvalue weighted by Gasteiger charge is -2.24. The Morgan fingerprint density at radius 2 is 1.92 bits per heavy atom. The number of rotatable bonds is 8. The average Bonchev–Trinajstić information content (AvgIpc) is 2.17. The largest absolute Gasteiger partial charge is 0.385 e. The third-order valence-corrected chi connectivity index (χ3v) is 2.70. The molecule has 3 heteroatoms. The lowest BCUT2D eigenvalue weighted by atomic mass is 9.91. The molecule has 0 radical (unpaired) electrons. The summed E-state index contributed by atoms with van der Waals surface area (Å²) in [7, 11) is 1.74. The van der Waals surface area contributed by atoms with Crippen molar-refractivity contribution in [2.24, 2.45) is 11.8 Å². The topological polar surface area (TPSA) is 47.3 Å². The van der Waals surface area contributed by atoms with E-state index in [-0.39, 0.29) is 0 Å². The predicted octanol–water partition coefficient (Wildman–Crippen LogP) is 1.68. The van der Waals surface area contributed by atoms with Gasteiger partial charge in [-0.25, -0.2) is 0 Å². The number of nitrogens with one attached hydrogen (secondary N) is 1. The van der Waals surface area contributed by atoms with E-state index in [1.165, 1.54) is 12.8 Å². The monoisotopic (exact) mass is 188 g/mol. The molecule has 0 fully saturated rings. The van der Waals surface area contributed by atoms with E-state index >= 15 is 0 Å². The molecule has 0 aliphatic carbocycles. The lowest BCUT2D eigenvalue weighted by molar-refractivity contribution is 0.182. The molecule has 0 aliphatic rings. The van der Waals surface area contributed by atoms with Crippen LogP contribution in [-0.4, -0.2) is 19.8 Å². The summed E-state index contributed by atoms with van der Waals surface area (Å²) in [6, 6.07) is 0.449. The van der Waals surface area contributed by atoms with Gasteiger partial charge in [-0.05, 0) is 18.8 Å². The molecule has 13 heavy (non-hydrogen) atoms. The van der Waals surface area contributed by atoms with E-state index in [2.05, 4.69) is 19.3 Å². The molecule has 3 nitrogen and oxygen atoms in total. The number of hydrogen-bond acceptors (Lipinski definition) is 3. The molecule has 0 aromatic heterocycles. The maximum Gasteiger partial charge on any atom is 0.0462 e. The summed E-state index contributed by atoms with van der Waals surface area (Å²) in [4.78, 5) is 0. The highest BCUT2D eigenvalue weighted by Gasteiger charge is 2.15. The van der Waals surface area contributed by atoms with Gasteiger partial charge in [0.1, 0.15) is 0 Å². The summed E-state index contributed by atoms with van der Waals surface area (Å²) in [5.41, 5.74) is 2.91. The summed E-state index contributed by atoms with van der Waals surface area (Å²) in [6.07, 6.45) is 4.58. The van der Waals surface area contributed by atoms with E-state index < -0.39 is 0 Å².